The van der Waals surface area contributed by atoms with E-state index in [1.807, 2.05) is 39.4 Å². The Bertz CT molecular complexity index is 604. The number of pyridine rings is 1. The van der Waals surface area contributed by atoms with Gasteiger partial charge in [0.15, 0.2) is 0 Å². The lowest BCUT2D eigenvalue weighted by Crippen LogP contribution is -2.31. The Balaban J connectivity index is 2.05. The summed E-state index contributed by atoms with van der Waals surface area (Å²) in [6.07, 6.45) is 5.43. The molecule has 6 nitrogen and oxygen atoms in total. The van der Waals surface area contributed by atoms with Crippen molar-refractivity contribution in [3.8, 4) is 0 Å². The van der Waals surface area contributed by atoms with Crippen molar-refractivity contribution in [2.75, 3.05) is 18.4 Å². The van der Waals surface area contributed by atoms with E-state index in [4.69, 9.17) is 0 Å². The average molecular weight is 287 g/mol. The minimum atomic E-state index is -0.0370. The molecule has 0 fully saturated rings. The van der Waals surface area contributed by atoms with E-state index in [0.717, 1.165) is 11.3 Å². The van der Waals surface area contributed by atoms with Gasteiger partial charge in [-0.25, -0.2) is 0 Å². The van der Waals surface area contributed by atoms with E-state index in [1.165, 1.54) is 0 Å². The number of hydrogen-bond donors (Lipinski definition) is 1. The molecule has 0 aliphatic carbocycles. The van der Waals surface area contributed by atoms with Gasteiger partial charge in [-0.2, -0.15) is 5.10 Å². The van der Waals surface area contributed by atoms with Crippen molar-refractivity contribution < 1.29 is 4.79 Å². The van der Waals surface area contributed by atoms with Gasteiger partial charge in [0.2, 0.25) is 0 Å². The topological polar surface area (TPSA) is 63.1 Å². The van der Waals surface area contributed by atoms with Gasteiger partial charge >= 0.3 is 0 Å². The molecule has 112 valence electrons. The number of anilines is 1. The quantitative estimate of drug-likeness (QED) is 0.881. The number of amides is 1. The van der Waals surface area contributed by atoms with Crippen LogP contribution in [-0.4, -0.2) is 38.7 Å². The molecule has 0 saturated heterocycles. The number of nitrogens with zero attached hydrogens (tertiary/aromatic N) is 4. The number of aromatic nitrogens is 3. The van der Waals surface area contributed by atoms with E-state index in [1.54, 1.807) is 21.8 Å². The molecular formula is C15H21N5O. The van der Waals surface area contributed by atoms with E-state index in [9.17, 15) is 4.79 Å². The molecule has 2 aromatic heterocycles. The van der Waals surface area contributed by atoms with E-state index < -0.39 is 0 Å². The fraction of sp³-hybridized carbons (Fsp3) is 0.400. The molecule has 6 heteroatoms. The van der Waals surface area contributed by atoms with Crippen LogP contribution in [0.15, 0.2) is 30.7 Å². The molecule has 21 heavy (non-hydrogen) atoms. The van der Waals surface area contributed by atoms with Gasteiger partial charge in [0.25, 0.3) is 5.91 Å². The average Bonchev–Trinajstić information content (AvgIpc) is 2.92. The van der Waals surface area contributed by atoms with E-state index >= 15 is 0 Å². The molecule has 1 N–H and O–H groups in total. The lowest BCUT2D eigenvalue weighted by atomic mass is 10.2. The van der Waals surface area contributed by atoms with Crippen LogP contribution in [0, 0.1) is 0 Å². The number of aryl methyl sites for hydroxylation is 1. The second-order valence-electron chi connectivity index (χ2n) is 4.78. The van der Waals surface area contributed by atoms with Crippen LogP contribution in [0.4, 0.5) is 5.69 Å². The van der Waals surface area contributed by atoms with Crippen molar-refractivity contribution in [1.82, 2.24) is 19.7 Å². The van der Waals surface area contributed by atoms with Crippen LogP contribution in [0.3, 0.4) is 0 Å². The van der Waals surface area contributed by atoms with Crippen molar-refractivity contribution in [3.63, 3.8) is 0 Å². The minimum Gasteiger partial charge on any atom is -0.381 e. The van der Waals surface area contributed by atoms with Gasteiger partial charge in [-0.1, -0.05) is 0 Å². The molecule has 0 unspecified atom stereocenters. The zero-order valence-corrected chi connectivity index (χ0v) is 12.7. The first kappa shape index (κ1) is 15.0. The SMILES string of the molecule is CCN(CC)C(=O)c1cc(NCc2cnn(C)c2)ccn1. The fourth-order valence-corrected chi connectivity index (χ4v) is 2.10. The predicted molar refractivity (Wildman–Crippen MR) is 82.0 cm³/mol. The van der Waals surface area contributed by atoms with E-state index in [-0.39, 0.29) is 5.91 Å². The highest BCUT2D eigenvalue weighted by molar-refractivity contribution is 5.93. The lowest BCUT2D eigenvalue weighted by molar-refractivity contribution is 0.0767. The van der Waals surface area contributed by atoms with E-state index in [2.05, 4.69) is 15.4 Å². The predicted octanol–water partition coefficient (Wildman–Crippen LogP) is 1.91. The second-order valence-corrected chi connectivity index (χ2v) is 4.78. The van der Waals surface area contributed by atoms with Crippen molar-refractivity contribution in [2.45, 2.75) is 20.4 Å². The van der Waals surface area contributed by atoms with Gasteiger partial charge in [0, 0.05) is 50.3 Å². The number of hydrogen-bond acceptors (Lipinski definition) is 4. The van der Waals surface area contributed by atoms with Crippen LogP contribution in [-0.2, 0) is 13.6 Å². The van der Waals surface area contributed by atoms with E-state index in [0.29, 0.717) is 25.3 Å². The molecule has 0 spiro atoms. The van der Waals surface area contributed by atoms with Crippen molar-refractivity contribution in [3.05, 3.63) is 42.0 Å². The van der Waals surface area contributed by atoms with Crippen molar-refractivity contribution in [1.29, 1.82) is 0 Å². The molecular weight excluding hydrogens is 266 g/mol. The Morgan fingerprint density at radius 3 is 2.76 bits per heavy atom. The fourth-order valence-electron chi connectivity index (χ4n) is 2.10. The third-order valence-corrected chi connectivity index (χ3v) is 3.28. The first-order valence-electron chi connectivity index (χ1n) is 7.10. The zero-order chi connectivity index (χ0) is 15.2. The molecule has 2 heterocycles. The molecule has 0 aromatic carbocycles. The maximum Gasteiger partial charge on any atom is 0.272 e. The normalized spacial score (nSPS) is 10.4. The van der Waals surface area contributed by atoms with Gasteiger partial charge in [-0.15, -0.1) is 0 Å². The van der Waals surface area contributed by atoms with Crippen LogP contribution in [0.1, 0.15) is 29.9 Å². The molecule has 0 atom stereocenters. The first-order chi connectivity index (χ1) is 10.1. The molecule has 1 amide bonds. The Labute approximate surface area is 124 Å². The number of rotatable bonds is 6. The van der Waals surface area contributed by atoms with Gasteiger partial charge < -0.3 is 10.2 Å². The molecule has 2 aromatic rings. The van der Waals surface area contributed by atoms with Crippen LogP contribution < -0.4 is 5.32 Å². The Morgan fingerprint density at radius 1 is 1.38 bits per heavy atom. The Kier molecular flexibility index (Phi) is 4.92. The van der Waals surface area contributed by atoms with Crippen LogP contribution in [0.25, 0.3) is 0 Å². The lowest BCUT2D eigenvalue weighted by Gasteiger charge is -2.18. The van der Waals surface area contributed by atoms with Gasteiger partial charge in [0.1, 0.15) is 5.69 Å². The summed E-state index contributed by atoms with van der Waals surface area (Å²) in [6, 6.07) is 3.65. The van der Waals surface area contributed by atoms with Gasteiger partial charge in [0.05, 0.1) is 6.20 Å². The van der Waals surface area contributed by atoms with Crippen LogP contribution >= 0.6 is 0 Å². The summed E-state index contributed by atoms with van der Waals surface area (Å²) < 4.78 is 1.76. The molecule has 0 aliphatic rings. The monoisotopic (exact) mass is 287 g/mol. The third-order valence-electron chi connectivity index (χ3n) is 3.28. The highest BCUT2D eigenvalue weighted by atomic mass is 16.2. The number of carbonyl (C=O) groups excluding carboxylic acids is 1. The summed E-state index contributed by atoms with van der Waals surface area (Å²) in [5, 5.41) is 7.40. The summed E-state index contributed by atoms with van der Waals surface area (Å²) in [4.78, 5) is 18.2. The number of carbonyl (C=O) groups is 1. The summed E-state index contributed by atoms with van der Waals surface area (Å²) in [5.74, 6) is -0.0370. The van der Waals surface area contributed by atoms with Gasteiger partial charge in [-0.05, 0) is 26.0 Å². The Morgan fingerprint density at radius 2 is 2.14 bits per heavy atom. The van der Waals surface area contributed by atoms with Gasteiger partial charge in [-0.3, -0.25) is 14.5 Å². The smallest absolute Gasteiger partial charge is 0.272 e. The minimum absolute atomic E-state index is 0.0370. The highest BCUT2D eigenvalue weighted by Gasteiger charge is 2.14. The van der Waals surface area contributed by atoms with Crippen molar-refractivity contribution in [2.24, 2.45) is 7.05 Å². The standard InChI is InChI=1S/C15H21N5O/c1-4-20(5-2)15(21)14-8-13(6-7-16-14)17-9-12-10-18-19(3)11-12/h6-8,10-11H,4-5,9H2,1-3H3,(H,16,17). The zero-order valence-electron chi connectivity index (χ0n) is 12.7. The summed E-state index contributed by atoms with van der Waals surface area (Å²) >= 11 is 0. The summed E-state index contributed by atoms with van der Waals surface area (Å²) in [5.41, 5.74) is 2.44. The van der Waals surface area contributed by atoms with Crippen LogP contribution in [0.5, 0.6) is 0 Å². The third kappa shape index (κ3) is 3.81. The highest BCUT2D eigenvalue weighted by Crippen LogP contribution is 2.11. The molecule has 2 rings (SSSR count). The maximum absolute atomic E-state index is 12.3. The summed E-state index contributed by atoms with van der Waals surface area (Å²) in [6.45, 7) is 5.96. The molecule has 0 radical (unpaired) electrons. The maximum atomic E-state index is 12.3. The summed E-state index contributed by atoms with van der Waals surface area (Å²) in [7, 11) is 1.89. The largest absolute Gasteiger partial charge is 0.381 e. The number of nitrogens with one attached hydrogen (secondary N) is 1. The molecule has 0 saturated carbocycles. The van der Waals surface area contributed by atoms with Crippen LogP contribution in [0.2, 0.25) is 0 Å². The second kappa shape index (κ2) is 6.88. The Hall–Kier alpha value is -2.37. The molecule has 0 bridgehead atoms. The van der Waals surface area contributed by atoms with Crippen molar-refractivity contribution >= 4 is 11.6 Å². The molecule has 0 aliphatic heterocycles. The first-order valence-corrected chi connectivity index (χ1v) is 7.10.